The number of aliphatic hydroxyl groups is 1. The lowest BCUT2D eigenvalue weighted by Crippen LogP contribution is -2.48. The van der Waals surface area contributed by atoms with Crippen molar-refractivity contribution >= 4 is 11.7 Å². The van der Waals surface area contributed by atoms with Gasteiger partial charge in [-0.3, -0.25) is 0 Å². The van der Waals surface area contributed by atoms with Gasteiger partial charge >= 0.3 is 6.03 Å². The number of amides is 2. The summed E-state index contributed by atoms with van der Waals surface area (Å²) in [4.78, 5) is 14.5. The topological polar surface area (TPSA) is 83.1 Å². The number of anilines is 1. The number of ether oxygens (including phenoxy) is 2. The first-order valence-electron chi connectivity index (χ1n) is 9.82. The van der Waals surface area contributed by atoms with Gasteiger partial charge in [-0.05, 0) is 24.0 Å². The van der Waals surface area contributed by atoms with Crippen LogP contribution in [0.3, 0.4) is 0 Å². The van der Waals surface area contributed by atoms with Crippen LogP contribution in [0.15, 0.2) is 42.5 Å². The maximum atomic E-state index is 12.6. The van der Waals surface area contributed by atoms with E-state index in [2.05, 4.69) is 10.6 Å². The van der Waals surface area contributed by atoms with Gasteiger partial charge in [0.1, 0.15) is 11.5 Å². The van der Waals surface area contributed by atoms with Gasteiger partial charge < -0.3 is 30.1 Å². The Morgan fingerprint density at radius 3 is 2.55 bits per heavy atom. The molecular formula is C22H29N3O4. The molecule has 1 aliphatic heterocycles. The Balaban J connectivity index is 1.56. The van der Waals surface area contributed by atoms with Crippen molar-refractivity contribution in [1.29, 1.82) is 0 Å². The fourth-order valence-electron chi connectivity index (χ4n) is 3.53. The standard InChI is InChI=1S/C22H29N3O4/c1-28-20-10-19(11-21(12-20)29-2)24-18-7-4-8-25(14-18)22(27)23-13-16-5-3-6-17(9-16)15-26/h3,5-6,9-12,18,24,26H,4,7-8,13-15H2,1-2H3,(H,23,27). The molecule has 2 aromatic carbocycles. The van der Waals surface area contributed by atoms with Crippen LogP contribution < -0.4 is 20.1 Å². The van der Waals surface area contributed by atoms with Crippen LogP contribution >= 0.6 is 0 Å². The van der Waals surface area contributed by atoms with E-state index >= 15 is 0 Å². The molecule has 1 heterocycles. The van der Waals surface area contributed by atoms with Crippen molar-refractivity contribution in [2.24, 2.45) is 0 Å². The lowest BCUT2D eigenvalue weighted by Gasteiger charge is -2.33. The highest BCUT2D eigenvalue weighted by Gasteiger charge is 2.23. The Labute approximate surface area is 171 Å². The zero-order valence-electron chi connectivity index (χ0n) is 17.0. The second-order valence-electron chi connectivity index (χ2n) is 7.17. The van der Waals surface area contributed by atoms with Crippen molar-refractivity contribution in [2.45, 2.75) is 32.0 Å². The molecule has 2 amide bonds. The van der Waals surface area contributed by atoms with E-state index in [1.54, 1.807) is 14.2 Å². The van der Waals surface area contributed by atoms with Crippen LogP contribution in [0, 0.1) is 0 Å². The zero-order valence-corrected chi connectivity index (χ0v) is 17.0. The predicted octanol–water partition coefficient (Wildman–Crippen LogP) is 2.98. The van der Waals surface area contributed by atoms with Crippen molar-refractivity contribution in [1.82, 2.24) is 10.2 Å². The quantitative estimate of drug-likeness (QED) is 0.667. The summed E-state index contributed by atoms with van der Waals surface area (Å²) < 4.78 is 10.7. The number of hydrogen-bond acceptors (Lipinski definition) is 5. The summed E-state index contributed by atoms with van der Waals surface area (Å²) in [5.74, 6) is 1.45. The summed E-state index contributed by atoms with van der Waals surface area (Å²) in [7, 11) is 3.25. The van der Waals surface area contributed by atoms with E-state index in [0.717, 1.165) is 47.7 Å². The molecule has 7 heteroatoms. The van der Waals surface area contributed by atoms with E-state index in [4.69, 9.17) is 9.47 Å². The van der Waals surface area contributed by atoms with Gasteiger partial charge in [0.25, 0.3) is 0 Å². The zero-order chi connectivity index (χ0) is 20.6. The lowest BCUT2D eigenvalue weighted by atomic mass is 10.1. The van der Waals surface area contributed by atoms with Crippen molar-refractivity contribution in [3.05, 3.63) is 53.6 Å². The van der Waals surface area contributed by atoms with Crippen LogP contribution in [0.1, 0.15) is 24.0 Å². The van der Waals surface area contributed by atoms with Crippen LogP contribution in [0.2, 0.25) is 0 Å². The predicted molar refractivity (Wildman–Crippen MR) is 112 cm³/mol. The third kappa shape index (κ3) is 5.77. The molecule has 0 radical (unpaired) electrons. The SMILES string of the molecule is COc1cc(NC2CCCN(C(=O)NCc3cccc(CO)c3)C2)cc(OC)c1. The lowest BCUT2D eigenvalue weighted by molar-refractivity contribution is 0.182. The monoisotopic (exact) mass is 399 g/mol. The Bertz CT molecular complexity index is 805. The number of likely N-dealkylation sites (tertiary alicyclic amines) is 1. The third-order valence-electron chi connectivity index (χ3n) is 5.05. The average molecular weight is 399 g/mol. The molecule has 0 aromatic heterocycles. The maximum absolute atomic E-state index is 12.6. The second-order valence-corrected chi connectivity index (χ2v) is 7.17. The van der Waals surface area contributed by atoms with Gasteiger partial charge in [-0.25, -0.2) is 4.79 Å². The number of urea groups is 1. The molecule has 1 unspecified atom stereocenters. The first-order valence-corrected chi connectivity index (χ1v) is 9.82. The van der Waals surface area contributed by atoms with Crippen LogP contribution in [-0.2, 0) is 13.2 Å². The van der Waals surface area contributed by atoms with Crippen molar-refractivity contribution in [2.75, 3.05) is 32.6 Å². The number of nitrogens with zero attached hydrogens (tertiary/aromatic N) is 1. The van der Waals surface area contributed by atoms with Crippen LogP contribution in [-0.4, -0.2) is 49.4 Å². The summed E-state index contributed by atoms with van der Waals surface area (Å²) in [5.41, 5.74) is 2.72. The number of methoxy groups -OCH3 is 2. The first kappa shape index (κ1) is 20.8. The van der Waals surface area contributed by atoms with Gasteiger partial charge in [0, 0.05) is 49.6 Å². The van der Waals surface area contributed by atoms with E-state index < -0.39 is 0 Å². The van der Waals surface area contributed by atoms with E-state index in [9.17, 15) is 9.90 Å². The normalized spacial score (nSPS) is 16.2. The van der Waals surface area contributed by atoms with Gasteiger partial charge in [0.2, 0.25) is 0 Å². The van der Waals surface area contributed by atoms with E-state index in [1.165, 1.54) is 0 Å². The fraction of sp³-hybridized carbons (Fsp3) is 0.409. The molecule has 0 bridgehead atoms. The van der Waals surface area contributed by atoms with E-state index in [1.807, 2.05) is 47.4 Å². The summed E-state index contributed by atoms with van der Waals surface area (Å²) in [5, 5.41) is 15.7. The van der Waals surface area contributed by atoms with Crippen LogP contribution in [0.5, 0.6) is 11.5 Å². The minimum atomic E-state index is -0.0749. The molecule has 7 nitrogen and oxygen atoms in total. The smallest absolute Gasteiger partial charge is 0.317 e. The van der Waals surface area contributed by atoms with E-state index in [0.29, 0.717) is 13.1 Å². The Hall–Kier alpha value is -2.93. The average Bonchev–Trinajstić information content (AvgIpc) is 2.77. The highest BCUT2D eigenvalue weighted by atomic mass is 16.5. The molecule has 1 atom stereocenters. The number of hydrogen-bond donors (Lipinski definition) is 3. The third-order valence-corrected chi connectivity index (χ3v) is 5.05. The molecule has 1 saturated heterocycles. The van der Waals surface area contributed by atoms with Gasteiger partial charge in [-0.1, -0.05) is 24.3 Å². The molecule has 29 heavy (non-hydrogen) atoms. The minimum absolute atomic E-state index is 0.00365. The summed E-state index contributed by atoms with van der Waals surface area (Å²) in [6, 6.07) is 13.4. The number of nitrogens with one attached hydrogen (secondary N) is 2. The Kier molecular flexibility index (Phi) is 7.19. The van der Waals surface area contributed by atoms with Gasteiger partial charge in [-0.2, -0.15) is 0 Å². The van der Waals surface area contributed by atoms with Gasteiger partial charge in [0.05, 0.1) is 20.8 Å². The number of piperidine rings is 1. The number of carbonyl (C=O) groups is 1. The van der Waals surface area contributed by atoms with E-state index in [-0.39, 0.29) is 18.7 Å². The maximum Gasteiger partial charge on any atom is 0.317 e. The fourth-order valence-corrected chi connectivity index (χ4v) is 3.53. The molecule has 3 rings (SSSR count). The molecule has 0 aliphatic carbocycles. The molecule has 2 aromatic rings. The van der Waals surface area contributed by atoms with Crippen molar-refractivity contribution < 1.29 is 19.4 Å². The molecule has 156 valence electrons. The van der Waals surface area contributed by atoms with Crippen molar-refractivity contribution in [3.63, 3.8) is 0 Å². The number of aliphatic hydroxyl groups excluding tert-OH is 1. The molecule has 0 saturated carbocycles. The highest BCUT2D eigenvalue weighted by molar-refractivity contribution is 5.74. The number of rotatable bonds is 7. The summed E-state index contributed by atoms with van der Waals surface area (Å²) in [6.45, 7) is 1.80. The van der Waals surface area contributed by atoms with Gasteiger partial charge in [0.15, 0.2) is 0 Å². The van der Waals surface area contributed by atoms with Gasteiger partial charge in [-0.15, -0.1) is 0 Å². The minimum Gasteiger partial charge on any atom is -0.497 e. The summed E-state index contributed by atoms with van der Waals surface area (Å²) >= 11 is 0. The van der Waals surface area contributed by atoms with Crippen LogP contribution in [0.25, 0.3) is 0 Å². The molecule has 1 fully saturated rings. The van der Waals surface area contributed by atoms with Crippen LogP contribution in [0.4, 0.5) is 10.5 Å². The molecule has 3 N–H and O–H groups in total. The highest BCUT2D eigenvalue weighted by Crippen LogP contribution is 2.27. The largest absolute Gasteiger partial charge is 0.497 e. The molecular weight excluding hydrogens is 370 g/mol. The Morgan fingerprint density at radius 2 is 1.86 bits per heavy atom. The first-order chi connectivity index (χ1) is 14.1. The van der Waals surface area contributed by atoms with Crippen molar-refractivity contribution in [3.8, 4) is 11.5 Å². The Morgan fingerprint density at radius 1 is 1.14 bits per heavy atom. The summed E-state index contributed by atoms with van der Waals surface area (Å²) in [6.07, 6.45) is 1.92. The molecule has 0 spiro atoms. The number of carbonyl (C=O) groups excluding carboxylic acids is 1. The second kappa shape index (κ2) is 10.0. The molecule has 1 aliphatic rings. The number of benzene rings is 2.